The Morgan fingerprint density at radius 2 is 2.11 bits per heavy atom. The van der Waals surface area contributed by atoms with Gasteiger partial charge in [-0.3, -0.25) is 4.79 Å². The molecule has 1 fully saturated rings. The Morgan fingerprint density at radius 3 is 2.67 bits per heavy atom. The topological polar surface area (TPSA) is 55.4 Å². The van der Waals surface area contributed by atoms with Gasteiger partial charge in [-0.05, 0) is 39.5 Å². The van der Waals surface area contributed by atoms with Crippen molar-refractivity contribution in [3.63, 3.8) is 0 Å². The molecule has 0 bridgehead atoms. The van der Waals surface area contributed by atoms with E-state index in [9.17, 15) is 9.59 Å². The predicted octanol–water partition coefficient (Wildman–Crippen LogP) is 2.68. The second-order valence-electron chi connectivity index (χ2n) is 5.78. The van der Waals surface area contributed by atoms with E-state index in [0.717, 1.165) is 12.8 Å². The number of nitrogens with one attached hydrogen (secondary N) is 1. The molecule has 2 atom stereocenters. The van der Waals surface area contributed by atoms with E-state index in [1.807, 2.05) is 20.8 Å². The van der Waals surface area contributed by atoms with Crippen LogP contribution >= 0.6 is 0 Å². The Hall–Kier alpha value is -1.32. The summed E-state index contributed by atoms with van der Waals surface area (Å²) in [6.45, 7) is 9.60. The van der Waals surface area contributed by atoms with Gasteiger partial charge in [0.25, 0.3) is 0 Å². The van der Waals surface area contributed by atoms with Crippen molar-refractivity contribution in [1.82, 2.24) is 5.32 Å². The van der Waals surface area contributed by atoms with E-state index < -0.39 is 11.7 Å². The molecule has 0 saturated heterocycles. The van der Waals surface area contributed by atoms with Crippen LogP contribution < -0.4 is 5.32 Å². The summed E-state index contributed by atoms with van der Waals surface area (Å²) in [4.78, 5) is 23.1. The third-order valence-electron chi connectivity index (χ3n) is 2.84. The fraction of sp³-hybridized carbons (Fsp3) is 0.714. The Labute approximate surface area is 109 Å². The molecule has 1 amide bonds. The summed E-state index contributed by atoms with van der Waals surface area (Å²) in [6, 6.07) is 0. The molecule has 0 spiro atoms. The summed E-state index contributed by atoms with van der Waals surface area (Å²) >= 11 is 0. The fourth-order valence-corrected chi connectivity index (χ4v) is 1.83. The maximum Gasteiger partial charge on any atom is 0.407 e. The molecule has 0 aromatic heterocycles. The summed E-state index contributed by atoms with van der Waals surface area (Å²) in [7, 11) is 0. The van der Waals surface area contributed by atoms with Crippen molar-refractivity contribution in [2.75, 3.05) is 6.54 Å². The van der Waals surface area contributed by atoms with Crippen molar-refractivity contribution in [3.05, 3.63) is 12.7 Å². The fourth-order valence-electron chi connectivity index (χ4n) is 1.83. The summed E-state index contributed by atoms with van der Waals surface area (Å²) in [5, 5.41) is 2.71. The molecule has 4 heteroatoms. The minimum Gasteiger partial charge on any atom is -0.444 e. The normalized spacial score (nSPS) is 22.2. The van der Waals surface area contributed by atoms with Crippen LogP contribution in [0.25, 0.3) is 0 Å². The van der Waals surface area contributed by atoms with Crippen LogP contribution in [0.4, 0.5) is 4.79 Å². The molecule has 18 heavy (non-hydrogen) atoms. The van der Waals surface area contributed by atoms with E-state index in [4.69, 9.17) is 4.74 Å². The third kappa shape index (κ3) is 5.34. The molecular formula is C14H23NO3. The lowest BCUT2D eigenvalue weighted by molar-refractivity contribution is -0.120. The van der Waals surface area contributed by atoms with Crippen LogP contribution in [0.3, 0.4) is 0 Å². The lowest BCUT2D eigenvalue weighted by Gasteiger charge is -2.19. The van der Waals surface area contributed by atoms with Crippen LogP contribution in [-0.4, -0.2) is 24.0 Å². The van der Waals surface area contributed by atoms with E-state index in [0.29, 0.717) is 13.0 Å². The number of rotatable bonds is 6. The first-order valence-corrected chi connectivity index (χ1v) is 6.44. The highest BCUT2D eigenvalue weighted by atomic mass is 16.6. The van der Waals surface area contributed by atoms with E-state index in [-0.39, 0.29) is 17.6 Å². The van der Waals surface area contributed by atoms with Gasteiger partial charge in [0.1, 0.15) is 11.4 Å². The van der Waals surface area contributed by atoms with Crippen molar-refractivity contribution >= 4 is 11.9 Å². The Balaban J connectivity index is 2.17. The van der Waals surface area contributed by atoms with Gasteiger partial charge >= 0.3 is 6.09 Å². The minimum absolute atomic E-state index is 0.125. The van der Waals surface area contributed by atoms with Crippen molar-refractivity contribution in [3.8, 4) is 0 Å². The molecule has 2 unspecified atom stereocenters. The third-order valence-corrected chi connectivity index (χ3v) is 2.84. The van der Waals surface area contributed by atoms with Crippen molar-refractivity contribution < 1.29 is 14.3 Å². The van der Waals surface area contributed by atoms with Gasteiger partial charge in [0.15, 0.2) is 0 Å². The molecule has 0 aromatic rings. The van der Waals surface area contributed by atoms with Crippen LogP contribution in [0.1, 0.15) is 40.0 Å². The van der Waals surface area contributed by atoms with Gasteiger partial charge < -0.3 is 10.1 Å². The van der Waals surface area contributed by atoms with E-state index in [1.54, 1.807) is 6.08 Å². The lowest BCUT2D eigenvalue weighted by Crippen LogP contribution is -2.33. The summed E-state index contributed by atoms with van der Waals surface area (Å²) in [6.07, 6.45) is 3.53. The number of Topliss-reactive ketones (excluding diaryl/α,β-unsaturated/α-hetero) is 1. The van der Waals surface area contributed by atoms with Crippen molar-refractivity contribution in [2.45, 2.75) is 45.6 Å². The van der Waals surface area contributed by atoms with E-state index in [1.165, 1.54) is 0 Å². The van der Waals surface area contributed by atoms with E-state index >= 15 is 0 Å². The van der Waals surface area contributed by atoms with Gasteiger partial charge in [-0.15, -0.1) is 6.58 Å². The molecule has 1 N–H and O–H groups in total. The quantitative estimate of drug-likeness (QED) is 0.740. The van der Waals surface area contributed by atoms with Crippen LogP contribution in [0.2, 0.25) is 0 Å². The number of ketones is 1. The zero-order valence-corrected chi connectivity index (χ0v) is 11.5. The number of allylic oxidation sites excluding steroid dienone is 1. The highest BCUT2D eigenvalue weighted by Gasteiger charge is 2.42. The zero-order valence-electron chi connectivity index (χ0n) is 11.5. The van der Waals surface area contributed by atoms with Crippen molar-refractivity contribution in [1.29, 1.82) is 0 Å². The molecule has 4 nitrogen and oxygen atoms in total. The summed E-state index contributed by atoms with van der Waals surface area (Å²) < 4.78 is 5.13. The molecule has 0 aromatic carbocycles. The number of alkyl carbamates (subject to hydrolysis) is 1. The van der Waals surface area contributed by atoms with Gasteiger partial charge in [0.2, 0.25) is 0 Å². The van der Waals surface area contributed by atoms with Gasteiger partial charge in [-0.1, -0.05) is 6.08 Å². The highest BCUT2D eigenvalue weighted by Crippen LogP contribution is 2.39. The molecular weight excluding hydrogens is 230 g/mol. The molecule has 1 saturated carbocycles. The van der Waals surface area contributed by atoms with E-state index in [2.05, 4.69) is 11.9 Å². The number of carbonyl (C=O) groups is 2. The van der Waals surface area contributed by atoms with Gasteiger partial charge in [-0.25, -0.2) is 4.79 Å². The molecule has 0 radical (unpaired) electrons. The Bertz CT molecular complexity index is 330. The Kier molecular flexibility index (Phi) is 4.93. The smallest absolute Gasteiger partial charge is 0.407 e. The van der Waals surface area contributed by atoms with Gasteiger partial charge in [0.05, 0.1) is 0 Å². The Morgan fingerprint density at radius 1 is 1.44 bits per heavy atom. The van der Waals surface area contributed by atoms with Gasteiger partial charge in [-0.2, -0.15) is 0 Å². The first-order chi connectivity index (χ1) is 8.33. The van der Waals surface area contributed by atoms with Crippen LogP contribution in [0, 0.1) is 11.8 Å². The maximum atomic E-state index is 11.7. The van der Waals surface area contributed by atoms with Crippen LogP contribution in [0.15, 0.2) is 12.7 Å². The SMILES string of the molecule is C=CCCC(=O)C1CC1CNC(=O)OC(C)(C)C. The average molecular weight is 253 g/mol. The maximum absolute atomic E-state index is 11.7. The first-order valence-electron chi connectivity index (χ1n) is 6.44. The highest BCUT2D eigenvalue weighted by molar-refractivity contribution is 5.84. The summed E-state index contributed by atoms with van der Waals surface area (Å²) in [5.74, 6) is 0.695. The predicted molar refractivity (Wildman–Crippen MR) is 70.3 cm³/mol. The monoisotopic (exact) mass is 253 g/mol. The number of amides is 1. The number of hydrogen-bond donors (Lipinski definition) is 1. The number of carbonyl (C=O) groups excluding carboxylic acids is 2. The minimum atomic E-state index is -0.479. The van der Waals surface area contributed by atoms with Gasteiger partial charge in [0, 0.05) is 18.9 Å². The summed E-state index contributed by atoms with van der Waals surface area (Å²) in [5.41, 5.74) is -0.479. The number of ether oxygens (including phenoxy) is 1. The second-order valence-corrected chi connectivity index (χ2v) is 5.78. The van der Waals surface area contributed by atoms with Crippen LogP contribution in [-0.2, 0) is 9.53 Å². The molecule has 1 aliphatic carbocycles. The van der Waals surface area contributed by atoms with Crippen LogP contribution in [0.5, 0.6) is 0 Å². The standard InChI is InChI=1S/C14H23NO3/c1-5-6-7-12(16)11-8-10(11)9-15-13(17)18-14(2,3)4/h5,10-11H,1,6-9H2,2-4H3,(H,15,17). The molecule has 1 rings (SSSR count). The molecule has 102 valence electrons. The first kappa shape index (κ1) is 14.7. The zero-order chi connectivity index (χ0) is 13.8. The second kappa shape index (κ2) is 6.03. The molecule has 0 heterocycles. The molecule has 0 aliphatic heterocycles. The average Bonchev–Trinajstić information content (AvgIpc) is 3.00. The van der Waals surface area contributed by atoms with Crippen molar-refractivity contribution in [2.24, 2.45) is 11.8 Å². The largest absolute Gasteiger partial charge is 0.444 e. The lowest BCUT2D eigenvalue weighted by atomic mass is 10.1. The number of hydrogen-bond acceptors (Lipinski definition) is 3. The molecule has 1 aliphatic rings.